The number of benzene rings is 1. The molecule has 0 aliphatic carbocycles. The molecule has 1 unspecified atom stereocenters. The second-order valence-electron chi connectivity index (χ2n) is 7.18. The van der Waals surface area contributed by atoms with Crippen molar-refractivity contribution in [1.82, 2.24) is 30.1 Å². The predicted molar refractivity (Wildman–Crippen MR) is 116 cm³/mol. The Hall–Kier alpha value is -3.04. The Morgan fingerprint density at radius 3 is 3.00 bits per heavy atom. The number of carbonyl (C=O) groups excluding carboxylic acids is 2. The third-order valence-electron chi connectivity index (χ3n) is 4.93. The van der Waals surface area contributed by atoms with E-state index < -0.39 is 6.04 Å². The van der Waals surface area contributed by atoms with Gasteiger partial charge in [0.2, 0.25) is 16.8 Å². The normalized spacial score (nSPS) is 17.5. The first kappa shape index (κ1) is 20.2. The Morgan fingerprint density at radius 1 is 1.37 bits per heavy atom. The topological polar surface area (TPSA) is 91.6 Å². The quantitative estimate of drug-likeness (QED) is 0.601. The van der Waals surface area contributed by atoms with Crippen LogP contribution in [0.5, 0.6) is 0 Å². The molecular weight excluding hydrogens is 400 g/mol. The molecule has 1 atom stereocenters. The number of hydrogen-bond donors (Lipinski definition) is 2. The number of imidazole rings is 1. The van der Waals surface area contributed by atoms with Crippen molar-refractivity contribution in [3.63, 3.8) is 0 Å². The van der Waals surface area contributed by atoms with Gasteiger partial charge in [0, 0.05) is 19.6 Å². The van der Waals surface area contributed by atoms with Gasteiger partial charge in [0.25, 0.3) is 0 Å². The van der Waals surface area contributed by atoms with E-state index in [1.54, 1.807) is 4.52 Å². The molecule has 3 heterocycles. The van der Waals surface area contributed by atoms with Gasteiger partial charge in [0.05, 0.1) is 30.9 Å². The van der Waals surface area contributed by atoms with Gasteiger partial charge in [-0.25, -0.2) is 9.50 Å². The van der Waals surface area contributed by atoms with Crippen LogP contribution in [0.1, 0.15) is 22.7 Å². The lowest BCUT2D eigenvalue weighted by atomic mass is 10.1. The lowest BCUT2D eigenvalue weighted by molar-refractivity contribution is -0.133. The average Bonchev–Trinajstić information content (AvgIpc) is 3.26. The van der Waals surface area contributed by atoms with Gasteiger partial charge in [-0.2, -0.15) is 5.10 Å². The van der Waals surface area contributed by atoms with Crippen LogP contribution in [0, 0.1) is 6.92 Å². The monoisotopic (exact) mass is 424 g/mol. The van der Waals surface area contributed by atoms with E-state index in [1.807, 2.05) is 60.5 Å². The molecule has 1 saturated heterocycles. The number of amides is 2. The van der Waals surface area contributed by atoms with Gasteiger partial charge in [-0.1, -0.05) is 53.8 Å². The molecule has 2 aromatic heterocycles. The minimum absolute atomic E-state index is 0.105. The summed E-state index contributed by atoms with van der Waals surface area (Å²) in [5, 5.41) is 11.0. The van der Waals surface area contributed by atoms with Crippen LogP contribution < -0.4 is 10.6 Å². The Bertz CT molecular complexity index is 1030. The molecule has 4 rings (SSSR count). The van der Waals surface area contributed by atoms with Crippen molar-refractivity contribution in [2.75, 3.05) is 19.6 Å². The number of aryl methyl sites for hydroxylation is 1. The molecule has 8 nitrogen and oxygen atoms in total. The van der Waals surface area contributed by atoms with E-state index >= 15 is 0 Å². The van der Waals surface area contributed by atoms with Gasteiger partial charge in [-0.05, 0) is 12.5 Å². The number of nitrogens with one attached hydrogen (secondary N) is 2. The number of aromatic nitrogens is 3. The Labute approximate surface area is 178 Å². The van der Waals surface area contributed by atoms with Gasteiger partial charge in [0.15, 0.2) is 0 Å². The van der Waals surface area contributed by atoms with Crippen LogP contribution in [0.2, 0.25) is 0 Å². The van der Waals surface area contributed by atoms with E-state index in [2.05, 4.69) is 20.7 Å². The summed E-state index contributed by atoms with van der Waals surface area (Å²) in [4.78, 5) is 32.2. The Kier molecular flexibility index (Phi) is 6.20. The van der Waals surface area contributed by atoms with E-state index in [0.29, 0.717) is 26.2 Å². The van der Waals surface area contributed by atoms with Gasteiger partial charge in [-0.3, -0.25) is 14.5 Å². The van der Waals surface area contributed by atoms with Crippen LogP contribution >= 0.6 is 11.3 Å². The Balaban J connectivity index is 1.32. The van der Waals surface area contributed by atoms with E-state index in [1.165, 1.54) is 11.3 Å². The first-order chi connectivity index (χ1) is 14.6. The molecule has 156 valence electrons. The number of hydrogen-bond acceptors (Lipinski definition) is 6. The van der Waals surface area contributed by atoms with Crippen molar-refractivity contribution < 1.29 is 9.59 Å². The van der Waals surface area contributed by atoms with Crippen molar-refractivity contribution in [1.29, 1.82) is 0 Å². The molecule has 1 aromatic carbocycles. The molecule has 1 fully saturated rings. The third kappa shape index (κ3) is 4.92. The second-order valence-corrected chi connectivity index (χ2v) is 8.34. The van der Waals surface area contributed by atoms with Crippen LogP contribution in [0.4, 0.5) is 0 Å². The smallest absolute Gasteiger partial charge is 0.237 e. The third-order valence-corrected chi connectivity index (χ3v) is 5.77. The summed E-state index contributed by atoms with van der Waals surface area (Å²) in [6.07, 6.45) is 5.99. The molecule has 0 radical (unpaired) electrons. The number of piperazine rings is 1. The summed E-state index contributed by atoms with van der Waals surface area (Å²) in [5.74, 6) is -0.277. The zero-order valence-electron chi connectivity index (χ0n) is 16.7. The van der Waals surface area contributed by atoms with E-state index in [4.69, 9.17) is 0 Å². The maximum Gasteiger partial charge on any atom is 0.237 e. The van der Waals surface area contributed by atoms with Crippen molar-refractivity contribution in [3.05, 3.63) is 58.9 Å². The van der Waals surface area contributed by atoms with Crippen LogP contribution in [0.25, 0.3) is 11.0 Å². The molecule has 0 bridgehead atoms. The lowest BCUT2D eigenvalue weighted by Gasteiger charge is -2.33. The fourth-order valence-corrected chi connectivity index (χ4v) is 4.20. The van der Waals surface area contributed by atoms with Crippen molar-refractivity contribution in [2.24, 2.45) is 0 Å². The molecule has 0 spiro atoms. The lowest BCUT2D eigenvalue weighted by Crippen LogP contribution is -2.56. The molecular formula is C21H24N6O2S. The zero-order valence-corrected chi connectivity index (χ0v) is 17.6. The maximum atomic E-state index is 12.5. The van der Waals surface area contributed by atoms with E-state index in [9.17, 15) is 9.59 Å². The van der Waals surface area contributed by atoms with E-state index in [0.717, 1.165) is 21.2 Å². The minimum Gasteiger partial charge on any atom is -0.353 e. The molecule has 3 aromatic rings. The van der Waals surface area contributed by atoms with Crippen molar-refractivity contribution in [3.8, 4) is 0 Å². The second kappa shape index (κ2) is 9.19. The van der Waals surface area contributed by atoms with Gasteiger partial charge < -0.3 is 10.6 Å². The highest BCUT2D eigenvalue weighted by atomic mass is 32.1. The molecule has 30 heavy (non-hydrogen) atoms. The number of rotatable bonds is 7. The molecule has 9 heteroatoms. The summed E-state index contributed by atoms with van der Waals surface area (Å²) < 4.78 is 1.72. The largest absolute Gasteiger partial charge is 0.353 e. The fourth-order valence-electron chi connectivity index (χ4n) is 3.46. The number of nitrogens with zero attached hydrogens (tertiary/aromatic N) is 4. The molecule has 1 aliphatic heterocycles. The first-order valence-electron chi connectivity index (χ1n) is 9.90. The van der Waals surface area contributed by atoms with Crippen LogP contribution in [-0.4, -0.2) is 57.0 Å². The Morgan fingerprint density at radius 2 is 2.20 bits per heavy atom. The summed E-state index contributed by atoms with van der Waals surface area (Å²) >= 11 is 1.50. The summed E-state index contributed by atoms with van der Waals surface area (Å²) in [6, 6.07) is 9.53. The molecule has 2 N–H and O–H groups in total. The molecule has 1 aliphatic rings. The number of carbonyl (C=O) groups is 2. The highest BCUT2D eigenvalue weighted by molar-refractivity contribution is 7.16. The number of fused-ring (bicyclic) bond motifs is 1. The highest BCUT2D eigenvalue weighted by Gasteiger charge is 2.30. The summed E-state index contributed by atoms with van der Waals surface area (Å²) in [7, 11) is 0. The maximum absolute atomic E-state index is 12.5. The van der Waals surface area contributed by atoms with E-state index in [-0.39, 0.29) is 18.2 Å². The van der Waals surface area contributed by atoms with Crippen LogP contribution in [-0.2, 0) is 16.1 Å². The average molecular weight is 425 g/mol. The van der Waals surface area contributed by atoms with Gasteiger partial charge >= 0.3 is 0 Å². The summed E-state index contributed by atoms with van der Waals surface area (Å²) in [6.45, 7) is 4.16. The zero-order chi connectivity index (χ0) is 20.9. The summed E-state index contributed by atoms with van der Waals surface area (Å²) in [5.41, 5.74) is 1.86. The SMILES string of the molecule is Cc1nn2cc(CNC(=O)CC3C(=O)NCCN3C/C=C/c3ccccc3)nc2s1. The fraction of sp³-hybridized carbons (Fsp3) is 0.333. The van der Waals surface area contributed by atoms with Crippen LogP contribution in [0.15, 0.2) is 42.6 Å². The van der Waals surface area contributed by atoms with Crippen molar-refractivity contribution in [2.45, 2.75) is 25.9 Å². The van der Waals surface area contributed by atoms with Crippen LogP contribution in [0.3, 0.4) is 0 Å². The standard InChI is InChI=1S/C21H24N6O2S/c1-15-25-27-14-17(24-21(27)30-15)13-23-19(28)12-18-20(29)22-9-11-26(18)10-5-8-16-6-3-2-4-7-16/h2-8,14,18H,9-13H2,1H3,(H,22,29)(H,23,28)/b8-5+. The predicted octanol–water partition coefficient (Wildman–Crippen LogP) is 1.62. The molecule has 0 saturated carbocycles. The van der Waals surface area contributed by atoms with Gasteiger partial charge in [0.1, 0.15) is 5.01 Å². The first-order valence-corrected chi connectivity index (χ1v) is 10.7. The molecule has 2 amide bonds. The highest BCUT2D eigenvalue weighted by Crippen LogP contribution is 2.14. The van der Waals surface area contributed by atoms with Crippen molar-refractivity contribution >= 4 is 34.2 Å². The minimum atomic E-state index is -0.478. The van der Waals surface area contributed by atoms with Gasteiger partial charge in [-0.15, -0.1) is 0 Å².